The lowest BCUT2D eigenvalue weighted by Crippen LogP contribution is -2.54. The lowest BCUT2D eigenvalue weighted by Gasteiger charge is -2.36. The maximum absolute atomic E-state index is 14.3. The van der Waals surface area contributed by atoms with Gasteiger partial charge in [0.1, 0.15) is 12.6 Å². The van der Waals surface area contributed by atoms with E-state index in [1.807, 2.05) is 109 Å². The van der Waals surface area contributed by atoms with Crippen molar-refractivity contribution in [3.8, 4) is 11.1 Å². The second-order valence-electron chi connectivity index (χ2n) is 13.1. The van der Waals surface area contributed by atoms with E-state index in [4.69, 9.17) is 21.1 Å². The normalized spacial score (nSPS) is 15.5. The lowest BCUT2D eigenvalue weighted by atomic mass is 9.80. The highest BCUT2D eigenvalue weighted by molar-refractivity contribution is 7.91. The van der Waals surface area contributed by atoms with Gasteiger partial charge in [-0.1, -0.05) is 139 Å². The second kappa shape index (κ2) is 15.3. The van der Waals surface area contributed by atoms with Crippen LogP contribution in [0.1, 0.15) is 40.2 Å². The first kappa shape index (κ1) is 35.9. The van der Waals surface area contributed by atoms with Gasteiger partial charge >= 0.3 is 12.1 Å². The van der Waals surface area contributed by atoms with E-state index < -0.39 is 45.9 Å². The molecule has 11 heteroatoms. The number of sulfone groups is 1. The van der Waals surface area contributed by atoms with Gasteiger partial charge in [0, 0.05) is 40.7 Å². The molecule has 7 rings (SSSR count). The standard InChI is InChI=1S/C42H37ClN2O7S/c43-37-22-12-11-21-36(37)42(29-13-3-1-4-14-29,30-15-5-2-6-16-30)52-39(46)27-38(40(47)45-23-25-53(49,50)26-24-45)44-41(48)51-28-35-33-19-9-7-17-31(33)32-18-8-10-20-34(32)35/h1-22,35,38H,23-28H2,(H,44,48). The smallest absolute Gasteiger partial charge is 0.407 e. The van der Waals surface area contributed by atoms with Crippen molar-refractivity contribution in [1.29, 1.82) is 0 Å². The number of alkyl carbamates (subject to hydrolysis) is 1. The minimum absolute atomic E-state index is 0.00912. The van der Waals surface area contributed by atoms with Crippen LogP contribution in [0.4, 0.5) is 4.79 Å². The first-order valence-corrected chi connectivity index (χ1v) is 19.5. The summed E-state index contributed by atoms with van der Waals surface area (Å²) in [6.07, 6.45) is -1.47. The maximum atomic E-state index is 14.3. The fraction of sp³-hybridized carbons (Fsp3) is 0.214. The number of carbonyl (C=O) groups excluding carboxylic acids is 3. The van der Waals surface area contributed by atoms with Crippen LogP contribution in [0.25, 0.3) is 11.1 Å². The molecule has 1 saturated heterocycles. The fourth-order valence-electron chi connectivity index (χ4n) is 7.26. The highest BCUT2D eigenvalue weighted by Gasteiger charge is 2.43. The largest absolute Gasteiger partial charge is 0.449 e. The van der Waals surface area contributed by atoms with E-state index in [2.05, 4.69) is 5.32 Å². The molecule has 5 aromatic rings. The molecule has 2 amide bonds. The molecule has 270 valence electrons. The van der Waals surface area contributed by atoms with Crippen molar-refractivity contribution in [3.05, 3.63) is 166 Å². The molecule has 0 bridgehead atoms. The summed E-state index contributed by atoms with van der Waals surface area (Å²) in [6, 6.07) is 39.8. The molecule has 9 nitrogen and oxygen atoms in total. The molecule has 0 aromatic heterocycles. The van der Waals surface area contributed by atoms with Crippen LogP contribution in [0.2, 0.25) is 5.02 Å². The Labute approximate surface area is 313 Å². The average Bonchev–Trinajstić information content (AvgIpc) is 3.50. The van der Waals surface area contributed by atoms with Gasteiger partial charge in [-0.3, -0.25) is 9.59 Å². The van der Waals surface area contributed by atoms with Gasteiger partial charge in [0.15, 0.2) is 15.4 Å². The van der Waals surface area contributed by atoms with E-state index in [-0.39, 0.29) is 37.1 Å². The molecule has 1 unspecified atom stereocenters. The molecule has 5 aromatic carbocycles. The van der Waals surface area contributed by atoms with E-state index in [1.54, 1.807) is 24.3 Å². The summed E-state index contributed by atoms with van der Waals surface area (Å²) in [5, 5.41) is 2.98. The molecule has 0 spiro atoms. The zero-order valence-electron chi connectivity index (χ0n) is 28.7. The van der Waals surface area contributed by atoms with Crippen LogP contribution in [-0.2, 0) is 34.5 Å². The maximum Gasteiger partial charge on any atom is 0.407 e. The first-order chi connectivity index (χ1) is 25.7. The first-order valence-electron chi connectivity index (χ1n) is 17.3. The van der Waals surface area contributed by atoms with Crippen LogP contribution >= 0.6 is 11.6 Å². The Hall–Kier alpha value is -5.45. The van der Waals surface area contributed by atoms with Crippen LogP contribution in [0.3, 0.4) is 0 Å². The number of hydrogen-bond donors (Lipinski definition) is 1. The number of rotatable bonds is 10. The van der Waals surface area contributed by atoms with Gasteiger partial charge in [0.2, 0.25) is 5.91 Å². The summed E-state index contributed by atoms with van der Waals surface area (Å²) in [7, 11) is -3.32. The molecule has 1 heterocycles. The van der Waals surface area contributed by atoms with E-state index in [9.17, 15) is 22.8 Å². The number of amides is 2. The molecule has 1 aliphatic heterocycles. The number of hydrogen-bond acceptors (Lipinski definition) is 7. The number of halogens is 1. The molecular formula is C42H37ClN2O7S. The molecule has 1 N–H and O–H groups in total. The van der Waals surface area contributed by atoms with Crippen LogP contribution in [-0.4, -0.2) is 68.5 Å². The SMILES string of the molecule is O=C(CC(NC(=O)OCC1c2ccccc2-c2ccccc21)C(=O)N1CCS(=O)(=O)CC1)OC(c1ccccc1)(c1ccccc1)c1ccccc1Cl. The van der Waals surface area contributed by atoms with Crippen molar-refractivity contribution in [3.63, 3.8) is 0 Å². The Balaban J connectivity index is 1.17. The molecule has 53 heavy (non-hydrogen) atoms. The van der Waals surface area contributed by atoms with Crippen molar-refractivity contribution in [1.82, 2.24) is 10.2 Å². The Morgan fingerprint density at radius 1 is 0.736 bits per heavy atom. The Kier molecular flexibility index (Phi) is 10.3. The lowest BCUT2D eigenvalue weighted by molar-refractivity contribution is -0.156. The van der Waals surface area contributed by atoms with Gasteiger partial charge in [0.25, 0.3) is 0 Å². The van der Waals surface area contributed by atoms with Crippen molar-refractivity contribution in [2.45, 2.75) is 24.0 Å². The fourth-order valence-corrected chi connectivity index (χ4v) is 8.73. The number of esters is 1. The summed E-state index contributed by atoms with van der Waals surface area (Å²) < 4.78 is 36.7. The summed E-state index contributed by atoms with van der Waals surface area (Å²) in [5.41, 5.74) is 4.35. The van der Waals surface area contributed by atoms with Gasteiger partial charge < -0.3 is 19.7 Å². The minimum atomic E-state index is -3.32. The Morgan fingerprint density at radius 2 is 1.25 bits per heavy atom. The summed E-state index contributed by atoms with van der Waals surface area (Å²) in [5.74, 6) is -2.10. The number of carbonyl (C=O) groups is 3. The third-order valence-electron chi connectivity index (χ3n) is 9.84. The molecule has 1 fully saturated rings. The number of fused-ring (bicyclic) bond motifs is 3. The third kappa shape index (κ3) is 7.42. The van der Waals surface area contributed by atoms with E-state index in [0.29, 0.717) is 21.7 Å². The van der Waals surface area contributed by atoms with Gasteiger partial charge in [0.05, 0.1) is 17.9 Å². The van der Waals surface area contributed by atoms with Crippen LogP contribution in [0.5, 0.6) is 0 Å². The second-order valence-corrected chi connectivity index (χ2v) is 15.8. The van der Waals surface area contributed by atoms with Crippen molar-refractivity contribution in [2.75, 3.05) is 31.2 Å². The monoisotopic (exact) mass is 748 g/mol. The quantitative estimate of drug-likeness (QED) is 0.124. The van der Waals surface area contributed by atoms with Crippen molar-refractivity contribution in [2.24, 2.45) is 0 Å². The summed E-state index contributed by atoms with van der Waals surface area (Å²) in [4.78, 5) is 43.2. The molecule has 1 atom stereocenters. The Bertz CT molecular complexity index is 2150. The van der Waals surface area contributed by atoms with Gasteiger partial charge in [-0.2, -0.15) is 0 Å². The molecule has 0 radical (unpaired) electrons. The predicted molar refractivity (Wildman–Crippen MR) is 202 cm³/mol. The van der Waals surface area contributed by atoms with Gasteiger partial charge in [-0.25, -0.2) is 13.2 Å². The molecule has 0 saturated carbocycles. The highest BCUT2D eigenvalue weighted by Crippen LogP contribution is 2.45. The van der Waals surface area contributed by atoms with E-state index >= 15 is 0 Å². The molecule has 1 aliphatic carbocycles. The zero-order valence-corrected chi connectivity index (χ0v) is 30.3. The zero-order chi connectivity index (χ0) is 37.0. The number of nitrogens with zero attached hydrogens (tertiary/aromatic N) is 1. The molecule has 2 aliphatic rings. The van der Waals surface area contributed by atoms with Crippen LogP contribution in [0, 0.1) is 0 Å². The van der Waals surface area contributed by atoms with Crippen LogP contribution < -0.4 is 5.32 Å². The topological polar surface area (TPSA) is 119 Å². The predicted octanol–water partition coefficient (Wildman–Crippen LogP) is 6.73. The van der Waals surface area contributed by atoms with Crippen molar-refractivity contribution >= 4 is 39.4 Å². The number of ether oxygens (including phenoxy) is 2. The third-order valence-corrected chi connectivity index (χ3v) is 11.8. The Morgan fingerprint density at radius 3 is 1.81 bits per heavy atom. The van der Waals surface area contributed by atoms with Gasteiger partial charge in [-0.05, 0) is 28.3 Å². The van der Waals surface area contributed by atoms with E-state index in [0.717, 1.165) is 22.3 Å². The van der Waals surface area contributed by atoms with Crippen LogP contribution in [0.15, 0.2) is 133 Å². The number of benzene rings is 5. The van der Waals surface area contributed by atoms with E-state index in [1.165, 1.54) is 4.90 Å². The summed E-state index contributed by atoms with van der Waals surface area (Å²) >= 11 is 6.82. The number of nitrogens with one attached hydrogen (secondary N) is 1. The van der Waals surface area contributed by atoms with Crippen molar-refractivity contribution < 1.29 is 32.3 Å². The minimum Gasteiger partial charge on any atom is -0.449 e. The highest BCUT2D eigenvalue weighted by atomic mass is 35.5. The van der Waals surface area contributed by atoms with Gasteiger partial charge in [-0.15, -0.1) is 0 Å². The molecular weight excluding hydrogens is 712 g/mol. The summed E-state index contributed by atoms with van der Waals surface area (Å²) in [6.45, 7) is -0.155. The average molecular weight is 749 g/mol.